The molecule has 144 valence electrons. The highest BCUT2D eigenvalue weighted by Crippen LogP contribution is 2.27. The first-order valence-corrected chi connectivity index (χ1v) is 8.62. The smallest absolute Gasteiger partial charge is 0.406 e. The molecule has 0 spiro atoms. The van der Waals surface area contributed by atoms with Crippen LogP contribution in [-0.2, 0) is 0 Å². The number of aryl methyl sites for hydroxylation is 1. The topological polar surface area (TPSA) is 9.23 Å². The van der Waals surface area contributed by atoms with Crippen LogP contribution in [0.15, 0.2) is 66.7 Å². The van der Waals surface area contributed by atoms with E-state index in [9.17, 15) is 17.6 Å². The Hall–Kier alpha value is -3.08. The largest absolute Gasteiger partial charge is 0.573 e. The van der Waals surface area contributed by atoms with Crippen molar-refractivity contribution < 1.29 is 22.3 Å². The van der Waals surface area contributed by atoms with E-state index in [4.69, 9.17) is 0 Å². The fourth-order valence-electron chi connectivity index (χ4n) is 2.87. The number of hydrogen-bond donors (Lipinski definition) is 0. The van der Waals surface area contributed by atoms with Crippen molar-refractivity contribution in [3.8, 4) is 16.9 Å². The highest BCUT2D eigenvalue weighted by atomic mass is 19.4. The normalized spacial score (nSPS) is 12.1. The molecule has 0 amide bonds. The van der Waals surface area contributed by atoms with Gasteiger partial charge in [-0.25, -0.2) is 4.39 Å². The van der Waals surface area contributed by atoms with Crippen LogP contribution in [-0.4, -0.2) is 6.36 Å². The molecule has 0 radical (unpaired) electrons. The summed E-state index contributed by atoms with van der Waals surface area (Å²) in [5.74, 6) is -0.520. The standard InChI is InChI=1S/C23H18F4O/c1-15-3-12-21(22(24)13-15)19-8-6-18(7-9-19)16(2)14-17-4-10-20(11-5-17)28-23(25,26)27/h3-14H,1-2H3. The van der Waals surface area contributed by atoms with Crippen molar-refractivity contribution in [3.63, 3.8) is 0 Å². The SMILES string of the molecule is CC(=Cc1ccc(OC(F)(F)F)cc1)c1ccc(-c2ccc(C)cc2F)cc1. The average molecular weight is 386 g/mol. The van der Waals surface area contributed by atoms with Crippen LogP contribution >= 0.6 is 0 Å². The third-order valence-electron chi connectivity index (χ3n) is 4.27. The number of benzene rings is 3. The van der Waals surface area contributed by atoms with Crippen molar-refractivity contribution in [3.05, 3.63) is 89.2 Å². The van der Waals surface area contributed by atoms with Crippen molar-refractivity contribution in [2.24, 2.45) is 0 Å². The quantitative estimate of drug-likeness (QED) is 0.339. The van der Waals surface area contributed by atoms with Gasteiger partial charge < -0.3 is 4.74 Å². The molecule has 0 aliphatic rings. The minimum absolute atomic E-state index is 0.258. The fourth-order valence-corrected chi connectivity index (χ4v) is 2.87. The Morgan fingerprint density at radius 1 is 0.893 bits per heavy atom. The maximum Gasteiger partial charge on any atom is 0.573 e. The zero-order valence-corrected chi connectivity index (χ0v) is 15.3. The van der Waals surface area contributed by atoms with Gasteiger partial charge in [-0.05, 0) is 59.9 Å². The van der Waals surface area contributed by atoms with E-state index < -0.39 is 6.36 Å². The van der Waals surface area contributed by atoms with E-state index >= 15 is 0 Å². The number of halogens is 4. The number of ether oxygens (including phenoxy) is 1. The number of alkyl halides is 3. The molecule has 0 N–H and O–H groups in total. The third-order valence-corrected chi connectivity index (χ3v) is 4.27. The van der Waals surface area contributed by atoms with Gasteiger partial charge in [0.25, 0.3) is 0 Å². The van der Waals surface area contributed by atoms with Gasteiger partial charge in [-0.15, -0.1) is 13.2 Å². The summed E-state index contributed by atoms with van der Waals surface area (Å²) in [5, 5.41) is 0. The molecule has 3 rings (SSSR count). The minimum Gasteiger partial charge on any atom is -0.406 e. The van der Waals surface area contributed by atoms with E-state index in [1.54, 1.807) is 18.2 Å². The second-order valence-electron chi connectivity index (χ2n) is 6.50. The van der Waals surface area contributed by atoms with Gasteiger partial charge in [0, 0.05) is 5.56 Å². The van der Waals surface area contributed by atoms with E-state index in [0.29, 0.717) is 5.56 Å². The van der Waals surface area contributed by atoms with Crippen LogP contribution in [0.4, 0.5) is 17.6 Å². The highest BCUT2D eigenvalue weighted by Gasteiger charge is 2.30. The van der Waals surface area contributed by atoms with E-state index in [-0.39, 0.29) is 11.6 Å². The van der Waals surface area contributed by atoms with Gasteiger partial charge in [0.2, 0.25) is 0 Å². The van der Waals surface area contributed by atoms with Crippen molar-refractivity contribution in [1.82, 2.24) is 0 Å². The van der Waals surface area contributed by atoms with Crippen LogP contribution in [0.1, 0.15) is 23.6 Å². The molecule has 0 fully saturated rings. The highest BCUT2D eigenvalue weighted by molar-refractivity contribution is 5.81. The first-order valence-electron chi connectivity index (χ1n) is 8.62. The van der Waals surface area contributed by atoms with E-state index in [1.165, 1.54) is 18.2 Å². The Labute approximate surface area is 160 Å². The lowest BCUT2D eigenvalue weighted by molar-refractivity contribution is -0.274. The molecular weight excluding hydrogens is 368 g/mol. The van der Waals surface area contributed by atoms with E-state index in [1.807, 2.05) is 50.3 Å². The van der Waals surface area contributed by atoms with Crippen LogP contribution in [0.25, 0.3) is 22.8 Å². The molecule has 0 bridgehead atoms. The molecule has 0 atom stereocenters. The second-order valence-corrected chi connectivity index (χ2v) is 6.50. The van der Waals surface area contributed by atoms with Gasteiger partial charge in [-0.2, -0.15) is 0 Å². The molecule has 0 aliphatic carbocycles. The zero-order chi connectivity index (χ0) is 20.3. The predicted molar refractivity (Wildman–Crippen MR) is 103 cm³/mol. The van der Waals surface area contributed by atoms with Crippen molar-refractivity contribution in [2.45, 2.75) is 20.2 Å². The van der Waals surface area contributed by atoms with Crippen LogP contribution in [0, 0.1) is 12.7 Å². The van der Waals surface area contributed by atoms with Gasteiger partial charge in [0.05, 0.1) is 0 Å². The summed E-state index contributed by atoms with van der Waals surface area (Å²) in [6.45, 7) is 3.74. The van der Waals surface area contributed by atoms with E-state index in [2.05, 4.69) is 4.74 Å². The maximum absolute atomic E-state index is 14.1. The molecule has 0 aromatic heterocycles. The summed E-state index contributed by atoms with van der Waals surface area (Å²) in [5.41, 5.74) is 4.80. The maximum atomic E-state index is 14.1. The van der Waals surface area contributed by atoms with E-state index in [0.717, 1.165) is 27.8 Å². The van der Waals surface area contributed by atoms with Gasteiger partial charge in [-0.3, -0.25) is 0 Å². The molecule has 0 unspecified atom stereocenters. The second kappa shape index (κ2) is 7.89. The number of allylic oxidation sites excluding steroid dienone is 1. The first kappa shape index (κ1) is 19.7. The molecule has 0 saturated carbocycles. The molecule has 1 nitrogen and oxygen atoms in total. The summed E-state index contributed by atoms with van der Waals surface area (Å²) in [4.78, 5) is 0. The summed E-state index contributed by atoms with van der Waals surface area (Å²) in [7, 11) is 0. The minimum atomic E-state index is -4.70. The number of rotatable bonds is 4. The van der Waals surface area contributed by atoms with Gasteiger partial charge in [0.15, 0.2) is 0 Å². The van der Waals surface area contributed by atoms with Crippen molar-refractivity contribution in [1.29, 1.82) is 0 Å². The monoisotopic (exact) mass is 386 g/mol. The predicted octanol–water partition coefficient (Wildman–Crippen LogP) is 7.26. The Kier molecular flexibility index (Phi) is 5.54. The number of hydrogen-bond acceptors (Lipinski definition) is 1. The molecule has 3 aromatic rings. The Morgan fingerprint density at radius 3 is 2.11 bits per heavy atom. The fraction of sp³-hybridized carbons (Fsp3) is 0.130. The van der Waals surface area contributed by atoms with Crippen molar-refractivity contribution >= 4 is 11.6 Å². The lowest BCUT2D eigenvalue weighted by atomic mass is 9.99. The molecule has 28 heavy (non-hydrogen) atoms. The van der Waals surface area contributed by atoms with Crippen molar-refractivity contribution in [2.75, 3.05) is 0 Å². The van der Waals surface area contributed by atoms with Gasteiger partial charge >= 0.3 is 6.36 Å². The lowest BCUT2D eigenvalue weighted by Gasteiger charge is -2.09. The molecule has 0 aliphatic heterocycles. The lowest BCUT2D eigenvalue weighted by Crippen LogP contribution is -2.16. The summed E-state index contributed by atoms with van der Waals surface area (Å²) in [6, 6.07) is 18.3. The average Bonchev–Trinajstić information content (AvgIpc) is 2.62. The molecule has 0 saturated heterocycles. The van der Waals surface area contributed by atoms with Gasteiger partial charge in [-0.1, -0.05) is 54.6 Å². The zero-order valence-electron chi connectivity index (χ0n) is 15.3. The van der Waals surface area contributed by atoms with Crippen LogP contribution < -0.4 is 4.74 Å². The first-order chi connectivity index (χ1) is 13.2. The molecule has 3 aromatic carbocycles. The molecular formula is C23H18F4O. The Morgan fingerprint density at radius 2 is 1.54 bits per heavy atom. The summed E-state index contributed by atoms with van der Waals surface area (Å²) in [6.07, 6.45) is -2.84. The molecule has 5 heteroatoms. The van der Waals surface area contributed by atoms with Crippen LogP contribution in [0.2, 0.25) is 0 Å². The third kappa shape index (κ3) is 5.00. The Bertz CT molecular complexity index is 985. The van der Waals surface area contributed by atoms with Crippen LogP contribution in [0.3, 0.4) is 0 Å². The summed E-state index contributed by atoms with van der Waals surface area (Å²) < 4.78 is 54.6. The Balaban J connectivity index is 1.78. The van der Waals surface area contributed by atoms with Gasteiger partial charge in [0.1, 0.15) is 11.6 Å². The summed E-state index contributed by atoms with van der Waals surface area (Å²) >= 11 is 0. The van der Waals surface area contributed by atoms with Crippen LogP contribution in [0.5, 0.6) is 5.75 Å². The molecule has 0 heterocycles.